The van der Waals surface area contributed by atoms with Gasteiger partial charge in [-0.05, 0) is 73.1 Å². The van der Waals surface area contributed by atoms with Crippen molar-refractivity contribution in [3.8, 4) is 33.4 Å². The van der Waals surface area contributed by atoms with Gasteiger partial charge in [0.15, 0.2) is 0 Å². The number of fused-ring (bicyclic) bond motifs is 5. The molecule has 1 heteroatoms. The predicted molar refractivity (Wildman–Crippen MR) is 165 cm³/mol. The van der Waals surface area contributed by atoms with Crippen molar-refractivity contribution in [2.75, 3.05) is 0 Å². The van der Waals surface area contributed by atoms with Crippen LogP contribution in [0.15, 0.2) is 150 Å². The second kappa shape index (κ2) is 8.72. The molecule has 1 heterocycles. The molecule has 39 heavy (non-hydrogen) atoms. The van der Waals surface area contributed by atoms with Crippen LogP contribution in [0.25, 0.3) is 76.9 Å². The Morgan fingerprint density at radius 1 is 0.436 bits per heavy atom. The van der Waals surface area contributed by atoms with E-state index in [0.717, 1.165) is 65.7 Å². The summed E-state index contributed by atoms with van der Waals surface area (Å²) < 4.78 is 47.8. The van der Waals surface area contributed by atoms with Gasteiger partial charge in [0.05, 0.1) is 6.85 Å². The fourth-order valence-electron chi connectivity index (χ4n) is 5.94. The highest BCUT2D eigenvalue weighted by Gasteiger charge is 2.20. The molecule has 1 nitrogen and oxygen atoms in total. The average Bonchev–Trinajstić information content (AvgIpc) is 3.45. The van der Waals surface area contributed by atoms with E-state index in [-0.39, 0.29) is 29.7 Å². The number of para-hydroxylation sites is 1. The first-order chi connectivity index (χ1) is 21.4. The molecule has 1 aromatic heterocycles. The smallest absolute Gasteiger partial charge is 0.136 e. The third-order valence-electron chi connectivity index (χ3n) is 7.54. The summed E-state index contributed by atoms with van der Waals surface area (Å²) in [5.41, 5.74) is 6.61. The van der Waals surface area contributed by atoms with Gasteiger partial charge in [-0.25, -0.2) is 0 Å². The molecule has 0 bridgehead atoms. The Kier molecular flexibility index (Phi) is 3.89. The molecule has 0 aliphatic rings. The summed E-state index contributed by atoms with van der Waals surface area (Å²) in [6, 6.07) is 37.3. The van der Waals surface area contributed by atoms with Crippen molar-refractivity contribution in [2.24, 2.45) is 0 Å². The normalized spacial score (nSPS) is 13.4. The summed E-state index contributed by atoms with van der Waals surface area (Å²) in [5.74, 6) is 0. The van der Waals surface area contributed by atoms with E-state index in [1.807, 2.05) is 60.7 Å². The zero-order valence-corrected chi connectivity index (χ0v) is 20.9. The van der Waals surface area contributed by atoms with E-state index in [0.29, 0.717) is 5.56 Å². The lowest BCUT2D eigenvalue weighted by molar-refractivity contribution is 0.669. The molecule has 0 N–H and O–H groups in total. The fraction of sp³-hybridized carbons (Fsp3) is 0. The van der Waals surface area contributed by atoms with Crippen molar-refractivity contribution in [3.63, 3.8) is 0 Å². The van der Waals surface area contributed by atoms with Crippen molar-refractivity contribution in [1.82, 2.24) is 0 Å². The number of hydrogen-bond donors (Lipinski definition) is 0. The summed E-state index contributed by atoms with van der Waals surface area (Å²) in [6.07, 6.45) is 0. The first-order valence-corrected chi connectivity index (χ1v) is 13.0. The van der Waals surface area contributed by atoms with Crippen LogP contribution in [-0.2, 0) is 0 Å². The molecule has 7 aromatic carbocycles. The van der Waals surface area contributed by atoms with Crippen molar-refractivity contribution < 1.29 is 11.3 Å². The topological polar surface area (TPSA) is 13.1 Å². The van der Waals surface area contributed by atoms with Gasteiger partial charge < -0.3 is 4.42 Å². The van der Waals surface area contributed by atoms with Crippen LogP contribution in [0.2, 0.25) is 0 Å². The monoisotopic (exact) mass is 501 g/mol. The number of benzene rings is 7. The van der Waals surface area contributed by atoms with Gasteiger partial charge in [0.2, 0.25) is 0 Å². The molecule has 0 aliphatic heterocycles. The first kappa shape index (κ1) is 17.4. The van der Waals surface area contributed by atoms with Gasteiger partial charge in [-0.15, -0.1) is 0 Å². The zero-order chi connectivity index (χ0) is 30.1. The maximum absolute atomic E-state index is 8.56. The van der Waals surface area contributed by atoms with E-state index in [1.54, 1.807) is 6.07 Å². The van der Waals surface area contributed by atoms with Crippen molar-refractivity contribution in [1.29, 1.82) is 0 Å². The predicted octanol–water partition coefficient (Wildman–Crippen LogP) is 10.9. The lowest BCUT2D eigenvalue weighted by atomic mass is 9.84. The van der Waals surface area contributed by atoms with Crippen LogP contribution in [0, 0.1) is 0 Å². The number of furan rings is 1. The van der Waals surface area contributed by atoms with E-state index < -0.39 is 6.04 Å². The Hall–Kier alpha value is -5.14. The summed E-state index contributed by atoms with van der Waals surface area (Å²) in [4.78, 5) is 0. The third-order valence-corrected chi connectivity index (χ3v) is 7.54. The van der Waals surface area contributed by atoms with Crippen LogP contribution in [0.4, 0.5) is 0 Å². The zero-order valence-electron chi connectivity index (χ0n) is 25.9. The molecule has 0 atom stereocenters. The second-order valence-corrected chi connectivity index (χ2v) is 9.70. The lowest BCUT2D eigenvalue weighted by Crippen LogP contribution is -1.91. The lowest BCUT2D eigenvalue weighted by Gasteiger charge is -2.18. The SMILES string of the molecule is [2H]c1c([2H])c([2H])c(-c2cccc(-c3c4ccccc4c(-c4cccc5oc6ccccc6c45)c4ccccc34)c2)c([2H])c1[2H]. The van der Waals surface area contributed by atoms with Gasteiger partial charge in [-0.3, -0.25) is 0 Å². The van der Waals surface area contributed by atoms with Crippen LogP contribution >= 0.6 is 0 Å². The molecule has 0 saturated heterocycles. The highest BCUT2D eigenvalue weighted by Crippen LogP contribution is 2.47. The Labute approximate surface area is 233 Å². The largest absolute Gasteiger partial charge is 0.456 e. The molecule has 0 aliphatic carbocycles. The maximum Gasteiger partial charge on any atom is 0.136 e. The van der Waals surface area contributed by atoms with Crippen LogP contribution in [0.3, 0.4) is 0 Å². The first-order valence-electron chi connectivity index (χ1n) is 15.5. The van der Waals surface area contributed by atoms with Crippen molar-refractivity contribution >= 4 is 43.5 Å². The second-order valence-electron chi connectivity index (χ2n) is 9.70. The number of hydrogen-bond acceptors (Lipinski definition) is 1. The Balaban J connectivity index is 1.46. The van der Waals surface area contributed by atoms with Crippen LogP contribution in [0.1, 0.15) is 6.85 Å². The molecule has 0 radical (unpaired) electrons. The van der Waals surface area contributed by atoms with Crippen molar-refractivity contribution in [2.45, 2.75) is 0 Å². The Morgan fingerprint density at radius 3 is 1.72 bits per heavy atom. The van der Waals surface area contributed by atoms with Crippen LogP contribution in [0.5, 0.6) is 0 Å². The highest BCUT2D eigenvalue weighted by atomic mass is 16.3. The molecule has 0 unspecified atom stereocenters. The molecule has 0 fully saturated rings. The van der Waals surface area contributed by atoms with E-state index in [9.17, 15) is 0 Å². The highest BCUT2D eigenvalue weighted by molar-refractivity contribution is 6.25. The van der Waals surface area contributed by atoms with Gasteiger partial charge in [-0.1, -0.05) is 127 Å². The van der Waals surface area contributed by atoms with E-state index >= 15 is 0 Å². The van der Waals surface area contributed by atoms with Gasteiger partial charge in [0.1, 0.15) is 11.2 Å². The minimum absolute atomic E-state index is 0.196. The van der Waals surface area contributed by atoms with Crippen LogP contribution in [-0.4, -0.2) is 0 Å². The van der Waals surface area contributed by atoms with Gasteiger partial charge in [-0.2, -0.15) is 0 Å². The molecule has 0 amide bonds. The average molecular weight is 502 g/mol. The summed E-state index contributed by atoms with van der Waals surface area (Å²) in [5, 5.41) is 6.45. The molecule has 0 saturated carbocycles. The Morgan fingerprint density at radius 2 is 1.00 bits per heavy atom. The third kappa shape index (κ3) is 3.41. The van der Waals surface area contributed by atoms with Gasteiger partial charge in [0, 0.05) is 10.8 Å². The quantitative estimate of drug-likeness (QED) is 0.219. The summed E-state index contributed by atoms with van der Waals surface area (Å²) in [7, 11) is 0. The molecule has 182 valence electrons. The minimum Gasteiger partial charge on any atom is -0.456 e. The molecular formula is C38H24O. The maximum atomic E-state index is 8.56. The molecule has 8 rings (SSSR count). The Bertz CT molecular complexity index is 2370. The van der Waals surface area contributed by atoms with E-state index in [4.69, 9.17) is 11.3 Å². The van der Waals surface area contributed by atoms with Crippen LogP contribution < -0.4 is 0 Å². The molecular weight excluding hydrogens is 472 g/mol. The fourth-order valence-corrected chi connectivity index (χ4v) is 5.94. The standard InChI is InChI=1S/C38H24O/c1-2-12-25(13-3-1)26-14-10-15-27(24-26)36-28-16-4-6-18-30(28)37(31-19-7-5-17-29(31)36)33-21-11-23-35-38(33)32-20-8-9-22-34(32)39-35/h1-24H/i1D,2D,3D,12D,13D. The molecule has 8 aromatic rings. The minimum atomic E-state index is -0.395. The van der Waals surface area contributed by atoms with E-state index in [1.165, 1.54) is 0 Å². The number of rotatable bonds is 3. The van der Waals surface area contributed by atoms with Gasteiger partial charge >= 0.3 is 0 Å². The van der Waals surface area contributed by atoms with Gasteiger partial charge in [0.25, 0.3) is 0 Å². The van der Waals surface area contributed by atoms with Crippen molar-refractivity contribution in [3.05, 3.63) is 145 Å². The molecule has 0 spiro atoms. The summed E-state index contributed by atoms with van der Waals surface area (Å²) in [6.45, 7) is 0. The summed E-state index contributed by atoms with van der Waals surface area (Å²) >= 11 is 0. The van der Waals surface area contributed by atoms with E-state index in [2.05, 4.69) is 48.5 Å².